The van der Waals surface area contributed by atoms with E-state index in [0.29, 0.717) is 6.61 Å². The number of benzene rings is 1. The molecule has 1 unspecified atom stereocenters. The number of hydrogen-bond donors (Lipinski definition) is 1. The Bertz CT molecular complexity index is 615. The first-order valence-electron chi connectivity index (χ1n) is 6.83. The molecule has 104 valence electrons. The summed E-state index contributed by atoms with van der Waals surface area (Å²) in [6.07, 6.45) is 6.92. The Morgan fingerprint density at radius 1 is 1.30 bits per heavy atom. The largest absolute Gasteiger partial charge is 0.489 e. The summed E-state index contributed by atoms with van der Waals surface area (Å²) in [5.41, 5.74) is 9.77. The summed E-state index contributed by atoms with van der Waals surface area (Å²) >= 11 is 3.41. The van der Waals surface area contributed by atoms with Gasteiger partial charge in [-0.2, -0.15) is 0 Å². The van der Waals surface area contributed by atoms with E-state index >= 15 is 0 Å². The summed E-state index contributed by atoms with van der Waals surface area (Å²) in [4.78, 5) is 4.13. The molecule has 0 spiro atoms. The number of ether oxygens (including phenoxy) is 1. The van der Waals surface area contributed by atoms with Gasteiger partial charge in [-0.1, -0.05) is 6.07 Å². The summed E-state index contributed by atoms with van der Waals surface area (Å²) in [5.74, 6) is 0.901. The molecule has 0 saturated carbocycles. The summed E-state index contributed by atoms with van der Waals surface area (Å²) in [5, 5.41) is 0. The zero-order chi connectivity index (χ0) is 13.9. The minimum Gasteiger partial charge on any atom is -0.489 e. The molecule has 3 rings (SSSR count). The van der Waals surface area contributed by atoms with Crippen molar-refractivity contribution in [2.45, 2.75) is 31.9 Å². The van der Waals surface area contributed by atoms with E-state index in [1.807, 2.05) is 18.3 Å². The molecule has 1 aliphatic carbocycles. The van der Waals surface area contributed by atoms with E-state index < -0.39 is 0 Å². The lowest BCUT2D eigenvalue weighted by Crippen LogP contribution is -2.17. The molecule has 3 nitrogen and oxygen atoms in total. The standard InChI is InChI=1S/C16H17BrN2O/c17-13-6-11(8-19-9-13)10-20-14-4-5-15-12(7-14)2-1-3-16(15)18/h4-9,16H,1-3,10,18H2. The molecular weight excluding hydrogens is 316 g/mol. The van der Waals surface area contributed by atoms with Gasteiger partial charge in [-0.25, -0.2) is 0 Å². The topological polar surface area (TPSA) is 48.1 Å². The molecule has 1 aromatic heterocycles. The monoisotopic (exact) mass is 332 g/mol. The lowest BCUT2D eigenvalue weighted by atomic mass is 9.88. The number of nitrogens with two attached hydrogens (primary N) is 1. The molecule has 0 bridgehead atoms. The van der Waals surface area contributed by atoms with Crippen molar-refractivity contribution >= 4 is 15.9 Å². The quantitative estimate of drug-likeness (QED) is 0.930. The zero-order valence-electron chi connectivity index (χ0n) is 11.2. The highest BCUT2D eigenvalue weighted by atomic mass is 79.9. The van der Waals surface area contributed by atoms with E-state index in [-0.39, 0.29) is 6.04 Å². The van der Waals surface area contributed by atoms with E-state index in [1.54, 1.807) is 6.20 Å². The van der Waals surface area contributed by atoms with E-state index in [0.717, 1.165) is 35.0 Å². The second-order valence-electron chi connectivity index (χ2n) is 5.16. The molecule has 0 saturated heterocycles. The number of aryl methyl sites for hydroxylation is 1. The van der Waals surface area contributed by atoms with Crippen LogP contribution >= 0.6 is 15.9 Å². The highest BCUT2D eigenvalue weighted by molar-refractivity contribution is 9.10. The fourth-order valence-corrected chi connectivity index (χ4v) is 3.03. The van der Waals surface area contributed by atoms with Gasteiger partial charge in [-0.3, -0.25) is 4.98 Å². The van der Waals surface area contributed by atoms with Gasteiger partial charge >= 0.3 is 0 Å². The van der Waals surface area contributed by atoms with Crippen LogP contribution in [0.25, 0.3) is 0 Å². The number of fused-ring (bicyclic) bond motifs is 1. The van der Waals surface area contributed by atoms with Crippen molar-refractivity contribution in [3.63, 3.8) is 0 Å². The van der Waals surface area contributed by atoms with Gasteiger partial charge in [0, 0.05) is 28.5 Å². The minimum atomic E-state index is 0.182. The molecule has 4 heteroatoms. The molecule has 1 aliphatic rings. The maximum absolute atomic E-state index is 6.12. The lowest BCUT2D eigenvalue weighted by Gasteiger charge is -2.22. The molecule has 1 heterocycles. The van der Waals surface area contributed by atoms with Gasteiger partial charge < -0.3 is 10.5 Å². The van der Waals surface area contributed by atoms with E-state index in [4.69, 9.17) is 10.5 Å². The van der Waals surface area contributed by atoms with Gasteiger partial charge in [-0.05, 0) is 64.5 Å². The Labute approximate surface area is 127 Å². The average molecular weight is 333 g/mol. The van der Waals surface area contributed by atoms with Crippen LogP contribution in [0.15, 0.2) is 41.1 Å². The maximum Gasteiger partial charge on any atom is 0.120 e. The Balaban J connectivity index is 1.72. The number of hydrogen-bond acceptors (Lipinski definition) is 3. The van der Waals surface area contributed by atoms with Gasteiger partial charge in [0.25, 0.3) is 0 Å². The molecule has 0 radical (unpaired) electrons. The van der Waals surface area contributed by atoms with Crippen molar-refractivity contribution in [1.82, 2.24) is 4.98 Å². The molecule has 2 N–H and O–H groups in total. The summed E-state index contributed by atoms with van der Waals surface area (Å²) in [7, 11) is 0. The van der Waals surface area contributed by atoms with Gasteiger partial charge in [0.05, 0.1) is 0 Å². The Hall–Kier alpha value is -1.39. The van der Waals surface area contributed by atoms with Crippen molar-refractivity contribution in [3.8, 4) is 5.75 Å². The Kier molecular flexibility index (Phi) is 4.03. The number of pyridine rings is 1. The van der Waals surface area contributed by atoms with E-state index in [1.165, 1.54) is 11.1 Å². The van der Waals surface area contributed by atoms with Crippen molar-refractivity contribution < 1.29 is 4.74 Å². The SMILES string of the molecule is NC1CCCc2cc(OCc3cncc(Br)c3)ccc21. The van der Waals surface area contributed by atoms with Crippen molar-refractivity contribution in [2.24, 2.45) is 5.73 Å². The third-order valence-corrected chi connectivity index (χ3v) is 4.08. The van der Waals surface area contributed by atoms with Gasteiger partial charge in [0.1, 0.15) is 12.4 Å². The van der Waals surface area contributed by atoms with Crippen LogP contribution in [0.1, 0.15) is 35.6 Å². The smallest absolute Gasteiger partial charge is 0.120 e. The van der Waals surface area contributed by atoms with Gasteiger partial charge in [-0.15, -0.1) is 0 Å². The predicted molar refractivity (Wildman–Crippen MR) is 82.6 cm³/mol. The number of halogens is 1. The Morgan fingerprint density at radius 2 is 2.20 bits per heavy atom. The number of rotatable bonds is 3. The van der Waals surface area contributed by atoms with Gasteiger partial charge in [0.2, 0.25) is 0 Å². The highest BCUT2D eigenvalue weighted by Crippen LogP contribution is 2.30. The van der Waals surface area contributed by atoms with Crippen LogP contribution in [0.3, 0.4) is 0 Å². The average Bonchev–Trinajstić information content (AvgIpc) is 2.45. The van der Waals surface area contributed by atoms with E-state index in [9.17, 15) is 0 Å². The first-order chi connectivity index (χ1) is 9.72. The Morgan fingerprint density at radius 3 is 3.05 bits per heavy atom. The van der Waals surface area contributed by atoms with E-state index in [2.05, 4.69) is 33.0 Å². The van der Waals surface area contributed by atoms with Crippen molar-refractivity contribution in [1.29, 1.82) is 0 Å². The van der Waals surface area contributed by atoms with Crippen LogP contribution in [0, 0.1) is 0 Å². The predicted octanol–water partition coefficient (Wildman–Crippen LogP) is 3.76. The molecule has 2 aromatic rings. The van der Waals surface area contributed by atoms with Crippen molar-refractivity contribution in [2.75, 3.05) is 0 Å². The minimum absolute atomic E-state index is 0.182. The van der Waals surface area contributed by atoms with Crippen LogP contribution in [0.5, 0.6) is 5.75 Å². The lowest BCUT2D eigenvalue weighted by molar-refractivity contribution is 0.305. The number of aromatic nitrogens is 1. The van der Waals surface area contributed by atoms with Crippen molar-refractivity contribution in [3.05, 3.63) is 57.8 Å². The zero-order valence-corrected chi connectivity index (χ0v) is 12.8. The fraction of sp³-hybridized carbons (Fsp3) is 0.312. The molecule has 0 fully saturated rings. The van der Waals surface area contributed by atoms with Crippen LogP contribution in [-0.4, -0.2) is 4.98 Å². The highest BCUT2D eigenvalue weighted by Gasteiger charge is 2.16. The molecule has 0 amide bonds. The van der Waals surface area contributed by atoms with Crippen LogP contribution in [0.4, 0.5) is 0 Å². The molecule has 1 aromatic carbocycles. The molecule has 20 heavy (non-hydrogen) atoms. The second-order valence-corrected chi connectivity index (χ2v) is 6.08. The fourth-order valence-electron chi connectivity index (χ4n) is 2.62. The normalized spacial score (nSPS) is 17.6. The summed E-state index contributed by atoms with van der Waals surface area (Å²) in [6, 6.07) is 8.44. The van der Waals surface area contributed by atoms with Crippen LogP contribution in [-0.2, 0) is 13.0 Å². The molecule has 0 aliphatic heterocycles. The first-order valence-corrected chi connectivity index (χ1v) is 7.62. The van der Waals surface area contributed by atoms with Crippen LogP contribution in [0.2, 0.25) is 0 Å². The third kappa shape index (κ3) is 3.02. The van der Waals surface area contributed by atoms with Crippen LogP contribution < -0.4 is 10.5 Å². The summed E-state index contributed by atoms with van der Waals surface area (Å²) < 4.78 is 6.81. The van der Waals surface area contributed by atoms with Gasteiger partial charge in [0.15, 0.2) is 0 Å². The number of nitrogens with zero attached hydrogens (tertiary/aromatic N) is 1. The maximum atomic E-state index is 6.12. The first kappa shape index (κ1) is 13.6. The second kappa shape index (κ2) is 5.94. The summed E-state index contributed by atoms with van der Waals surface area (Å²) in [6.45, 7) is 0.525. The molecule has 1 atom stereocenters. The third-order valence-electron chi connectivity index (χ3n) is 3.64. The molecular formula is C16H17BrN2O.